The molecule has 2 heteroatoms. The highest BCUT2D eigenvalue weighted by atomic mass is 16.3. The highest BCUT2D eigenvalue weighted by Gasteiger charge is 2.18. The van der Waals surface area contributed by atoms with Crippen LogP contribution in [0.3, 0.4) is 0 Å². The third-order valence-electron chi connectivity index (χ3n) is 1.90. The van der Waals surface area contributed by atoms with Crippen molar-refractivity contribution in [3.05, 3.63) is 11.6 Å². The molecule has 0 fully saturated rings. The number of allylic oxidation sites excluding steroid dienone is 1. The SMILES string of the molecule is CC1CC=C(C=O)C(O)C1. The molecule has 0 spiro atoms. The standard InChI is InChI=1S/C8H12O2/c1-6-2-3-7(5-9)8(10)4-6/h3,5-6,8,10H,2,4H2,1H3. The maximum atomic E-state index is 10.2. The second-order valence-electron chi connectivity index (χ2n) is 2.91. The molecule has 10 heavy (non-hydrogen) atoms. The van der Waals surface area contributed by atoms with Crippen molar-refractivity contribution in [1.82, 2.24) is 0 Å². The van der Waals surface area contributed by atoms with Gasteiger partial charge in [-0.1, -0.05) is 13.0 Å². The second-order valence-corrected chi connectivity index (χ2v) is 2.91. The van der Waals surface area contributed by atoms with Gasteiger partial charge >= 0.3 is 0 Å². The van der Waals surface area contributed by atoms with E-state index in [0.717, 1.165) is 19.1 Å². The maximum absolute atomic E-state index is 10.2. The Hall–Kier alpha value is -0.630. The average Bonchev–Trinajstić information content (AvgIpc) is 1.88. The molecule has 0 heterocycles. The lowest BCUT2D eigenvalue weighted by Crippen LogP contribution is -2.19. The van der Waals surface area contributed by atoms with E-state index in [1.807, 2.05) is 6.08 Å². The zero-order valence-corrected chi connectivity index (χ0v) is 6.08. The molecule has 0 aromatic heterocycles. The van der Waals surface area contributed by atoms with Crippen molar-refractivity contribution in [2.75, 3.05) is 0 Å². The third kappa shape index (κ3) is 1.45. The molecule has 0 bridgehead atoms. The third-order valence-corrected chi connectivity index (χ3v) is 1.90. The average molecular weight is 140 g/mol. The predicted molar refractivity (Wildman–Crippen MR) is 38.6 cm³/mol. The zero-order chi connectivity index (χ0) is 7.56. The van der Waals surface area contributed by atoms with Crippen LogP contribution in [-0.2, 0) is 4.79 Å². The normalized spacial score (nSPS) is 33.2. The van der Waals surface area contributed by atoms with E-state index in [9.17, 15) is 9.90 Å². The summed E-state index contributed by atoms with van der Waals surface area (Å²) < 4.78 is 0. The van der Waals surface area contributed by atoms with Gasteiger partial charge in [-0.2, -0.15) is 0 Å². The molecular formula is C8H12O2. The van der Waals surface area contributed by atoms with E-state index in [0.29, 0.717) is 11.5 Å². The van der Waals surface area contributed by atoms with Gasteiger partial charge in [0.2, 0.25) is 0 Å². The van der Waals surface area contributed by atoms with Gasteiger partial charge in [0.05, 0.1) is 6.10 Å². The summed E-state index contributed by atoms with van der Waals surface area (Å²) in [5.41, 5.74) is 0.554. The molecule has 0 saturated heterocycles. The molecular weight excluding hydrogens is 128 g/mol. The molecule has 0 radical (unpaired) electrons. The second kappa shape index (κ2) is 2.97. The van der Waals surface area contributed by atoms with Gasteiger partial charge in [0.15, 0.2) is 0 Å². The first-order chi connectivity index (χ1) is 4.74. The van der Waals surface area contributed by atoms with Crippen molar-refractivity contribution >= 4 is 6.29 Å². The maximum Gasteiger partial charge on any atom is 0.148 e. The Kier molecular flexibility index (Phi) is 2.22. The Balaban J connectivity index is 2.65. The monoisotopic (exact) mass is 140 g/mol. The molecule has 56 valence electrons. The van der Waals surface area contributed by atoms with Gasteiger partial charge in [-0.05, 0) is 18.8 Å². The molecule has 2 atom stereocenters. The van der Waals surface area contributed by atoms with Crippen LogP contribution in [0.4, 0.5) is 0 Å². The van der Waals surface area contributed by atoms with Gasteiger partial charge in [-0.3, -0.25) is 4.79 Å². The van der Waals surface area contributed by atoms with Crippen LogP contribution in [0.25, 0.3) is 0 Å². The summed E-state index contributed by atoms with van der Waals surface area (Å²) >= 11 is 0. The summed E-state index contributed by atoms with van der Waals surface area (Å²) in [5.74, 6) is 0.513. The van der Waals surface area contributed by atoms with Crippen molar-refractivity contribution in [3.63, 3.8) is 0 Å². The Morgan fingerprint density at radius 2 is 2.50 bits per heavy atom. The van der Waals surface area contributed by atoms with E-state index >= 15 is 0 Å². The Morgan fingerprint density at radius 3 is 3.00 bits per heavy atom. The van der Waals surface area contributed by atoms with E-state index in [4.69, 9.17) is 0 Å². The minimum Gasteiger partial charge on any atom is -0.388 e. The summed E-state index contributed by atoms with van der Waals surface area (Å²) in [7, 11) is 0. The van der Waals surface area contributed by atoms with Crippen molar-refractivity contribution in [2.45, 2.75) is 25.9 Å². The van der Waals surface area contributed by atoms with Gasteiger partial charge in [0, 0.05) is 5.57 Å². The predicted octanol–water partition coefficient (Wildman–Crippen LogP) is 0.903. The van der Waals surface area contributed by atoms with Crippen LogP contribution in [0.15, 0.2) is 11.6 Å². The number of carbonyl (C=O) groups excluding carboxylic acids is 1. The lowest BCUT2D eigenvalue weighted by atomic mass is 9.89. The van der Waals surface area contributed by atoms with E-state index < -0.39 is 6.10 Å². The topological polar surface area (TPSA) is 37.3 Å². The van der Waals surface area contributed by atoms with E-state index in [2.05, 4.69) is 6.92 Å². The number of hydrogen-bond donors (Lipinski definition) is 1. The van der Waals surface area contributed by atoms with Gasteiger partial charge in [-0.25, -0.2) is 0 Å². The van der Waals surface area contributed by atoms with Crippen LogP contribution in [-0.4, -0.2) is 17.5 Å². The number of rotatable bonds is 1. The molecule has 0 aromatic carbocycles. The molecule has 0 aliphatic heterocycles. The van der Waals surface area contributed by atoms with Gasteiger partial charge in [0.1, 0.15) is 6.29 Å². The highest BCUT2D eigenvalue weighted by Crippen LogP contribution is 2.21. The van der Waals surface area contributed by atoms with Crippen molar-refractivity contribution in [1.29, 1.82) is 0 Å². The van der Waals surface area contributed by atoms with Gasteiger partial charge < -0.3 is 5.11 Å². The lowest BCUT2D eigenvalue weighted by Gasteiger charge is -2.20. The van der Waals surface area contributed by atoms with Crippen LogP contribution in [0.1, 0.15) is 19.8 Å². The molecule has 2 nitrogen and oxygen atoms in total. The van der Waals surface area contributed by atoms with Crippen molar-refractivity contribution in [2.24, 2.45) is 5.92 Å². The van der Waals surface area contributed by atoms with Gasteiger partial charge in [-0.15, -0.1) is 0 Å². The van der Waals surface area contributed by atoms with E-state index in [1.165, 1.54) is 0 Å². The number of aliphatic hydroxyl groups excluding tert-OH is 1. The van der Waals surface area contributed by atoms with Gasteiger partial charge in [0.25, 0.3) is 0 Å². The molecule has 0 amide bonds. The first kappa shape index (κ1) is 7.48. The fraction of sp³-hybridized carbons (Fsp3) is 0.625. The molecule has 1 aliphatic carbocycles. The Labute approximate surface area is 60.6 Å². The largest absolute Gasteiger partial charge is 0.388 e. The molecule has 2 unspecified atom stereocenters. The summed E-state index contributed by atoms with van der Waals surface area (Å²) in [6, 6.07) is 0. The molecule has 0 saturated carbocycles. The van der Waals surface area contributed by atoms with Crippen LogP contribution in [0.5, 0.6) is 0 Å². The number of aldehydes is 1. The molecule has 0 aromatic rings. The molecule has 1 rings (SSSR count). The molecule has 1 aliphatic rings. The Bertz CT molecular complexity index is 161. The van der Waals surface area contributed by atoms with Crippen molar-refractivity contribution in [3.8, 4) is 0 Å². The smallest absolute Gasteiger partial charge is 0.148 e. The summed E-state index contributed by atoms with van der Waals surface area (Å²) in [6.45, 7) is 2.07. The number of aliphatic hydroxyl groups is 1. The Morgan fingerprint density at radius 1 is 1.80 bits per heavy atom. The number of carbonyl (C=O) groups is 1. The zero-order valence-electron chi connectivity index (χ0n) is 6.08. The first-order valence-corrected chi connectivity index (χ1v) is 3.57. The highest BCUT2D eigenvalue weighted by molar-refractivity contribution is 5.74. The fourth-order valence-corrected chi connectivity index (χ4v) is 1.21. The number of hydrogen-bond acceptors (Lipinski definition) is 2. The van der Waals surface area contributed by atoms with Crippen molar-refractivity contribution < 1.29 is 9.90 Å². The molecule has 1 N–H and O–H groups in total. The van der Waals surface area contributed by atoms with E-state index in [-0.39, 0.29) is 0 Å². The summed E-state index contributed by atoms with van der Waals surface area (Å²) in [5, 5.41) is 9.24. The van der Waals surface area contributed by atoms with Crippen LogP contribution in [0.2, 0.25) is 0 Å². The van der Waals surface area contributed by atoms with Crippen LogP contribution < -0.4 is 0 Å². The van der Waals surface area contributed by atoms with Crippen LogP contribution >= 0.6 is 0 Å². The minimum atomic E-state index is -0.513. The quantitative estimate of drug-likeness (QED) is 0.549. The fourth-order valence-electron chi connectivity index (χ4n) is 1.21. The van der Waals surface area contributed by atoms with E-state index in [1.54, 1.807) is 0 Å². The first-order valence-electron chi connectivity index (χ1n) is 3.57. The lowest BCUT2D eigenvalue weighted by molar-refractivity contribution is -0.106. The van der Waals surface area contributed by atoms with Crippen LogP contribution in [0, 0.1) is 5.92 Å². The summed E-state index contributed by atoms with van der Waals surface area (Å²) in [4.78, 5) is 10.2. The summed E-state index contributed by atoms with van der Waals surface area (Å²) in [6.07, 6.45) is 3.71. The minimum absolute atomic E-state index is 0.513.